The van der Waals surface area contributed by atoms with Crippen LogP contribution in [0.5, 0.6) is 0 Å². The Morgan fingerprint density at radius 2 is 2.10 bits per heavy atom. The molecule has 0 fully saturated rings. The molecule has 0 aliphatic rings. The Morgan fingerprint density at radius 3 is 2.70 bits per heavy atom. The fourth-order valence-electron chi connectivity index (χ4n) is 1.60. The van der Waals surface area contributed by atoms with E-state index in [4.69, 9.17) is 0 Å². The third-order valence-electron chi connectivity index (χ3n) is 2.63. The highest BCUT2D eigenvalue weighted by molar-refractivity contribution is 9.10. The van der Waals surface area contributed by atoms with Crippen molar-refractivity contribution in [1.82, 2.24) is 10.3 Å². The van der Waals surface area contributed by atoms with E-state index >= 15 is 0 Å². The van der Waals surface area contributed by atoms with Gasteiger partial charge in [0.15, 0.2) is 4.34 Å². The van der Waals surface area contributed by atoms with Gasteiger partial charge in [-0.25, -0.2) is 4.98 Å². The maximum Gasteiger partial charge on any atom is 0.154 e. The molecule has 5 heteroatoms. The summed E-state index contributed by atoms with van der Waals surface area (Å²) < 4.78 is 2.20. The molecule has 0 atom stereocenters. The van der Waals surface area contributed by atoms with Gasteiger partial charge in [0.25, 0.3) is 0 Å². The molecule has 0 bridgehead atoms. The van der Waals surface area contributed by atoms with Crippen molar-refractivity contribution < 1.29 is 0 Å². The molecule has 0 aliphatic carbocycles. The molecule has 1 aromatic carbocycles. The summed E-state index contributed by atoms with van der Waals surface area (Å²) in [6.07, 6.45) is 0. The van der Waals surface area contributed by atoms with Gasteiger partial charge in [0.1, 0.15) is 0 Å². The SMILES string of the molecule is Cc1csc(Sc2cc(Br)ccc2CNC(C)(C)C)n1. The summed E-state index contributed by atoms with van der Waals surface area (Å²) in [6, 6.07) is 6.43. The molecule has 2 rings (SSSR count). The van der Waals surface area contributed by atoms with Crippen LogP contribution in [0.3, 0.4) is 0 Å². The number of aromatic nitrogens is 1. The molecule has 0 saturated heterocycles. The number of rotatable bonds is 4. The second-order valence-corrected chi connectivity index (χ2v) is 8.78. The standard InChI is InChI=1S/C15H19BrN2S2/c1-10-9-19-14(18-10)20-13-7-12(16)6-5-11(13)8-17-15(2,3)4/h5-7,9,17H,8H2,1-4H3. The molecule has 2 nitrogen and oxygen atoms in total. The normalized spacial score (nSPS) is 11.8. The van der Waals surface area contributed by atoms with Crippen molar-refractivity contribution >= 4 is 39.0 Å². The van der Waals surface area contributed by atoms with E-state index in [-0.39, 0.29) is 5.54 Å². The Balaban J connectivity index is 2.19. The first-order valence-electron chi connectivity index (χ1n) is 6.47. The van der Waals surface area contributed by atoms with E-state index in [1.54, 1.807) is 23.1 Å². The number of hydrogen-bond acceptors (Lipinski definition) is 4. The quantitative estimate of drug-likeness (QED) is 0.794. The molecule has 20 heavy (non-hydrogen) atoms. The molecule has 0 amide bonds. The number of hydrogen-bond donors (Lipinski definition) is 1. The van der Waals surface area contributed by atoms with Crippen LogP contribution in [0.4, 0.5) is 0 Å². The molecule has 0 spiro atoms. The van der Waals surface area contributed by atoms with E-state index in [0.717, 1.165) is 21.1 Å². The fraction of sp³-hybridized carbons (Fsp3) is 0.400. The maximum absolute atomic E-state index is 4.53. The van der Waals surface area contributed by atoms with Gasteiger partial charge in [-0.2, -0.15) is 0 Å². The van der Waals surface area contributed by atoms with Gasteiger partial charge in [-0.3, -0.25) is 0 Å². The van der Waals surface area contributed by atoms with Crippen molar-refractivity contribution in [2.75, 3.05) is 0 Å². The van der Waals surface area contributed by atoms with Crippen LogP contribution in [-0.2, 0) is 6.54 Å². The second-order valence-electron chi connectivity index (χ2n) is 5.71. The summed E-state index contributed by atoms with van der Waals surface area (Å²) in [7, 11) is 0. The Hall–Kier alpha value is -0.360. The predicted octanol–water partition coefficient (Wildman–Crippen LogP) is 5.25. The lowest BCUT2D eigenvalue weighted by atomic mass is 10.1. The number of nitrogens with zero attached hydrogens (tertiary/aromatic N) is 1. The van der Waals surface area contributed by atoms with Gasteiger partial charge in [0.2, 0.25) is 0 Å². The summed E-state index contributed by atoms with van der Waals surface area (Å²) in [5.41, 5.74) is 2.51. The topological polar surface area (TPSA) is 24.9 Å². The Labute approximate surface area is 137 Å². The first-order valence-corrected chi connectivity index (χ1v) is 8.96. The molecule has 0 radical (unpaired) electrons. The molecule has 2 aromatic rings. The van der Waals surface area contributed by atoms with Crippen molar-refractivity contribution in [1.29, 1.82) is 0 Å². The van der Waals surface area contributed by atoms with Crippen LogP contribution in [0.1, 0.15) is 32.0 Å². The average Bonchev–Trinajstić information content (AvgIpc) is 2.72. The number of aryl methyl sites for hydroxylation is 1. The zero-order chi connectivity index (χ0) is 14.8. The Morgan fingerprint density at radius 1 is 1.35 bits per heavy atom. The predicted molar refractivity (Wildman–Crippen MR) is 91.7 cm³/mol. The third kappa shape index (κ3) is 4.88. The van der Waals surface area contributed by atoms with Crippen molar-refractivity contribution in [3.05, 3.63) is 39.3 Å². The number of halogens is 1. The molecule has 0 aliphatic heterocycles. The molecule has 0 unspecified atom stereocenters. The Kier molecular flexibility index (Phi) is 5.29. The van der Waals surface area contributed by atoms with Crippen LogP contribution < -0.4 is 5.32 Å². The molecule has 1 heterocycles. The lowest BCUT2D eigenvalue weighted by Gasteiger charge is -2.21. The summed E-state index contributed by atoms with van der Waals surface area (Å²) >= 11 is 6.99. The smallest absolute Gasteiger partial charge is 0.154 e. The van der Waals surface area contributed by atoms with Crippen molar-refractivity contribution in [2.24, 2.45) is 0 Å². The lowest BCUT2D eigenvalue weighted by molar-refractivity contribution is 0.422. The van der Waals surface area contributed by atoms with E-state index in [9.17, 15) is 0 Å². The fourth-order valence-corrected chi connectivity index (χ4v) is 4.08. The van der Waals surface area contributed by atoms with Gasteiger partial charge in [0.05, 0.1) is 0 Å². The summed E-state index contributed by atoms with van der Waals surface area (Å²) in [4.78, 5) is 5.79. The third-order valence-corrected chi connectivity index (χ3v) is 5.28. The minimum Gasteiger partial charge on any atom is -0.308 e. The zero-order valence-electron chi connectivity index (χ0n) is 12.2. The monoisotopic (exact) mass is 370 g/mol. The van der Waals surface area contributed by atoms with Crippen LogP contribution in [0.15, 0.2) is 37.3 Å². The summed E-state index contributed by atoms with van der Waals surface area (Å²) in [6.45, 7) is 9.45. The summed E-state index contributed by atoms with van der Waals surface area (Å²) in [5.74, 6) is 0. The number of nitrogens with one attached hydrogen (secondary N) is 1. The first kappa shape index (κ1) is 16.0. The van der Waals surface area contributed by atoms with Crippen molar-refractivity contribution in [3.63, 3.8) is 0 Å². The highest BCUT2D eigenvalue weighted by Crippen LogP contribution is 2.34. The zero-order valence-corrected chi connectivity index (χ0v) is 15.4. The largest absolute Gasteiger partial charge is 0.308 e. The van der Waals surface area contributed by atoms with Gasteiger partial charge < -0.3 is 5.32 Å². The van der Waals surface area contributed by atoms with Crippen LogP contribution in [0.2, 0.25) is 0 Å². The van der Waals surface area contributed by atoms with Gasteiger partial charge in [-0.1, -0.05) is 33.8 Å². The van der Waals surface area contributed by atoms with Crippen LogP contribution in [-0.4, -0.2) is 10.5 Å². The number of thiazole rings is 1. The van der Waals surface area contributed by atoms with Crippen molar-refractivity contribution in [2.45, 2.75) is 49.0 Å². The van der Waals surface area contributed by atoms with Gasteiger partial charge in [-0.05, 0) is 45.4 Å². The lowest BCUT2D eigenvalue weighted by Crippen LogP contribution is -2.35. The number of benzene rings is 1. The molecule has 0 saturated carbocycles. The van der Waals surface area contributed by atoms with Gasteiger partial charge in [0, 0.05) is 32.5 Å². The van der Waals surface area contributed by atoms with Gasteiger partial charge >= 0.3 is 0 Å². The van der Waals surface area contributed by atoms with E-state index < -0.39 is 0 Å². The van der Waals surface area contributed by atoms with Crippen LogP contribution >= 0.6 is 39.0 Å². The van der Waals surface area contributed by atoms with Gasteiger partial charge in [-0.15, -0.1) is 11.3 Å². The van der Waals surface area contributed by atoms with E-state index in [2.05, 4.69) is 70.6 Å². The first-order chi connectivity index (χ1) is 9.33. The highest BCUT2D eigenvalue weighted by Gasteiger charge is 2.12. The minimum absolute atomic E-state index is 0.118. The Bertz CT molecular complexity index is 588. The molecule has 108 valence electrons. The summed E-state index contributed by atoms with van der Waals surface area (Å²) in [5, 5.41) is 5.63. The molecule has 1 N–H and O–H groups in total. The molecule has 1 aromatic heterocycles. The van der Waals surface area contributed by atoms with E-state index in [1.165, 1.54) is 10.5 Å². The molecular formula is C15H19BrN2S2. The second kappa shape index (κ2) is 6.60. The maximum atomic E-state index is 4.53. The van der Waals surface area contributed by atoms with Crippen molar-refractivity contribution in [3.8, 4) is 0 Å². The average molecular weight is 371 g/mol. The van der Waals surface area contributed by atoms with E-state index in [1.807, 2.05) is 6.92 Å². The minimum atomic E-state index is 0.118. The highest BCUT2D eigenvalue weighted by atomic mass is 79.9. The van der Waals surface area contributed by atoms with Crippen LogP contribution in [0.25, 0.3) is 0 Å². The van der Waals surface area contributed by atoms with Crippen LogP contribution in [0, 0.1) is 6.92 Å². The molecular weight excluding hydrogens is 352 g/mol. The van der Waals surface area contributed by atoms with E-state index in [0.29, 0.717) is 0 Å².